The molecule has 2 N–H and O–H groups in total. The molecule has 0 saturated heterocycles. The molecule has 0 aliphatic heterocycles. The number of thiophene rings is 1. The SMILES string of the molecule is CCNc1nc(NCc2ccccn2)c2ccsc2n1. The highest BCUT2D eigenvalue weighted by Crippen LogP contribution is 2.26. The minimum atomic E-state index is 0.647. The summed E-state index contributed by atoms with van der Waals surface area (Å²) in [4.78, 5) is 14.3. The summed E-state index contributed by atoms with van der Waals surface area (Å²) in [7, 11) is 0. The minimum absolute atomic E-state index is 0.647. The normalized spacial score (nSPS) is 10.7. The van der Waals surface area contributed by atoms with E-state index in [0.717, 1.165) is 28.3 Å². The maximum absolute atomic E-state index is 4.52. The summed E-state index contributed by atoms with van der Waals surface area (Å²) in [6.45, 7) is 3.48. The van der Waals surface area contributed by atoms with Crippen LogP contribution in [0.15, 0.2) is 35.8 Å². The first-order valence-corrected chi connectivity index (χ1v) is 7.37. The van der Waals surface area contributed by atoms with Crippen LogP contribution in [-0.4, -0.2) is 21.5 Å². The summed E-state index contributed by atoms with van der Waals surface area (Å²) in [6, 6.07) is 7.92. The number of pyridine rings is 1. The number of aromatic nitrogens is 3. The molecular formula is C14H15N5S. The third-order valence-corrected chi connectivity index (χ3v) is 3.63. The number of hydrogen-bond acceptors (Lipinski definition) is 6. The van der Waals surface area contributed by atoms with E-state index in [1.807, 2.05) is 36.6 Å². The molecule has 20 heavy (non-hydrogen) atoms. The van der Waals surface area contributed by atoms with E-state index in [1.54, 1.807) is 17.5 Å². The van der Waals surface area contributed by atoms with Gasteiger partial charge < -0.3 is 10.6 Å². The van der Waals surface area contributed by atoms with Crippen molar-refractivity contribution >= 4 is 33.3 Å². The van der Waals surface area contributed by atoms with Gasteiger partial charge in [-0.15, -0.1) is 11.3 Å². The predicted molar refractivity (Wildman–Crippen MR) is 83.1 cm³/mol. The number of nitrogens with zero attached hydrogens (tertiary/aromatic N) is 3. The van der Waals surface area contributed by atoms with E-state index in [2.05, 4.69) is 25.6 Å². The lowest BCUT2D eigenvalue weighted by Gasteiger charge is -2.09. The molecule has 0 spiro atoms. The fraction of sp³-hybridized carbons (Fsp3) is 0.214. The Morgan fingerprint density at radius 1 is 1.15 bits per heavy atom. The van der Waals surface area contributed by atoms with Crippen LogP contribution in [-0.2, 0) is 6.54 Å². The molecule has 3 aromatic rings. The van der Waals surface area contributed by atoms with Crippen LogP contribution in [0.2, 0.25) is 0 Å². The van der Waals surface area contributed by atoms with Gasteiger partial charge in [-0.25, -0.2) is 4.98 Å². The highest BCUT2D eigenvalue weighted by Gasteiger charge is 2.08. The quantitative estimate of drug-likeness (QED) is 0.754. The van der Waals surface area contributed by atoms with E-state index in [9.17, 15) is 0 Å². The van der Waals surface area contributed by atoms with E-state index < -0.39 is 0 Å². The average molecular weight is 285 g/mol. The Hall–Kier alpha value is -2.21. The maximum atomic E-state index is 4.52. The zero-order chi connectivity index (χ0) is 13.8. The summed E-state index contributed by atoms with van der Waals surface area (Å²) in [5.41, 5.74) is 0.986. The molecule has 0 bridgehead atoms. The van der Waals surface area contributed by atoms with Gasteiger partial charge in [0.15, 0.2) is 0 Å². The highest BCUT2D eigenvalue weighted by molar-refractivity contribution is 7.16. The molecular weight excluding hydrogens is 270 g/mol. The van der Waals surface area contributed by atoms with E-state index >= 15 is 0 Å². The standard InChI is InChI=1S/C14H15N5S/c1-2-15-14-18-12(11-6-8-20-13(11)19-14)17-9-10-5-3-4-7-16-10/h3-8H,2,9H2,1H3,(H2,15,17,18,19). The smallest absolute Gasteiger partial charge is 0.226 e. The maximum Gasteiger partial charge on any atom is 0.226 e. The van der Waals surface area contributed by atoms with Crippen molar-refractivity contribution in [1.82, 2.24) is 15.0 Å². The van der Waals surface area contributed by atoms with Crippen LogP contribution in [0.25, 0.3) is 10.2 Å². The third-order valence-electron chi connectivity index (χ3n) is 2.82. The second-order valence-electron chi connectivity index (χ2n) is 4.24. The zero-order valence-corrected chi connectivity index (χ0v) is 11.9. The van der Waals surface area contributed by atoms with E-state index in [0.29, 0.717) is 12.5 Å². The monoisotopic (exact) mass is 285 g/mol. The van der Waals surface area contributed by atoms with Gasteiger partial charge in [0, 0.05) is 12.7 Å². The van der Waals surface area contributed by atoms with Gasteiger partial charge in [0.05, 0.1) is 17.6 Å². The lowest BCUT2D eigenvalue weighted by Crippen LogP contribution is -2.07. The Balaban J connectivity index is 1.87. The van der Waals surface area contributed by atoms with Crippen LogP contribution in [0.4, 0.5) is 11.8 Å². The van der Waals surface area contributed by atoms with Gasteiger partial charge in [0.25, 0.3) is 0 Å². The lowest BCUT2D eigenvalue weighted by molar-refractivity contribution is 1.02. The second kappa shape index (κ2) is 5.83. The summed E-state index contributed by atoms with van der Waals surface area (Å²) < 4.78 is 0. The molecule has 0 atom stereocenters. The first-order chi connectivity index (χ1) is 9.86. The van der Waals surface area contributed by atoms with E-state index in [4.69, 9.17) is 0 Å². The van der Waals surface area contributed by atoms with Crippen LogP contribution >= 0.6 is 11.3 Å². The number of hydrogen-bond donors (Lipinski definition) is 2. The van der Waals surface area contributed by atoms with Gasteiger partial charge in [-0.1, -0.05) is 6.07 Å². The van der Waals surface area contributed by atoms with Crippen LogP contribution < -0.4 is 10.6 Å². The third kappa shape index (κ3) is 2.70. The van der Waals surface area contributed by atoms with Crippen molar-refractivity contribution in [3.63, 3.8) is 0 Å². The van der Waals surface area contributed by atoms with Crippen molar-refractivity contribution in [2.45, 2.75) is 13.5 Å². The van der Waals surface area contributed by atoms with Gasteiger partial charge in [0.1, 0.15) is 10.6 Å². The van der Waals surface area contributed by atoms with Gasteiger partial charge in [-0.3, -0.25) is 4.98 Å². The lowest BCUT2D eigenvalue weighted by atomic mass is 10.3. The van der Waals surface area contributed by atoms with E-state index in [1.165, 1.54) is 0 Å². The van der Waals surface area contributed by atoms with Crippen LogP contribution in [0, 0.1) is 0 Å². The molecule has 0 aliphatic rings. The largest absolute Gasteiger partial charge is 0.364 e. The number of fused-ring (bicyclic) bond motifs is 1. The molecule has 3 aromatic heterocycles. The summed E-state index contributed by atoms with van der Waals surface area (Å²) in [6.07, 6.45) is 1.79. The number of nitrogens with one attached hydrogen (secondary N) is 2. The topological polar surface area (TPSA) is 62.7 Å². The molecule has 0 aromatic carbocycles. The highest BCUT2D eigenvalue weighted by atomic mass is 32.1. The average Bonchev–Trinajstić information content (AvgIpc) is 2.95. The van der Waals surface area contributed by atoms with Crippen LogP contribution in [0.3, 0.4) is 0 Å². The second-order valence-corrected chi connectivity index (χ2v) is 5.13. The van der Waals surface area contributed by atoms with Crippen LogP contribution in [0.1, 0.15) is 12.6 Å². The first-order valence-electron chi connectivity index (χ1n) is 6.49. The molecule has 3 rings (SSSR count). The number of anilines is 2. The molecule has 0 aliphatic carbocycles. The van der Waals surface area contributed by atoms with E-state index in [-0.39, 0.29) is 0 Å². The molecule has 0 saturated carbocycles. The molecule has 0 fully saturated rings. The Morgan fingerprint density at radius 3 is 2.90 bits per heavy atom. The van der Waals surface area contributed by atoms with Crippen molar-refractivity contribution in [3.05, 3.63) is 41.5 Å². The Kier molecular flexibility index (Phi) is 3.73. The van der Waals surface area contributed by atoms with Crippen molar-refractivity contribution in [2.75, 3.05) is 17.2 Å². The molecule has 3 heterocycles. The van der Waals surface area contributed by atoms with Crippen LogP contribution in [0.5, 0.6) is 0 Å². The summed E-state index contributed by atoms with van der Waals surface area (Å²) in [5, 5.41) is 9.58. The van der Waals surface area contributed by atoms with Gasteiger partial charge in [0.2, 0.25) is 5.95 Å². The summed E-state index contributed by atoms with van der Waals surface area (Å²) >= 11 is 1.62. The first kappa shape index (κ1) is 12.8. The summed E-state index contributed by atoms with van der Waals surface area (Å²) in [5.74, 6) is 1.50. The van der Waals surface area contributed by atoms with Crippen molar-refractivity contribution in [2.24, 2.45) is 0 Å². The van der Waals surface area contributed by atoms with Crippen molar-refractivity contribution in [1.29, 1.82) is 0 Å². The van der Waals surface area contributed by atoms with Gasteiger partial charge in [-0.2, -0.15) is 4.98 Å². The minimum Gasteiger partial charge on any atom is -0.364 e. The molecule has 5 nitrogen and oxygen atoms in total. The Labute approximate surface area is 121 Å². The molecule has 0 amide bonds. The fourth-order valence-corrected chi connectivity index (χ4v) is 2.67. The number of rotatable bonds is 5. The molecule has 6 heteroatoms. The molecule has 0 unspecified atom stereocenters. The Morgan fingerprint density at radius 2 is 2.10 bits per heavy atom. The van der Waals surface area contributed by atoms with Gasteiger partial charge in [-0.05, 0) is 30.5 Å². The Bertz CT molecular complexity index is 695. The molecule has 102 valence electrons. The van der Waals surface area contributed by atoms with Crippen molar-refractivity contribution in [3.8, 4) is 0 Å². The predicted octanol–water partition coefficient (Wildman–Crippen LogP) is 3.13. The fourth-order valence-electron chi connectivity index (χ4n) is 1.90. The zero-order valence-electron chi connectivity index (χ0n) is 11.1. The van der Waals surface area contributed by atoms with Crippen molar-refractivity contribution < 1.29 is 0 Å². The molecule has 0 radical (unpaired) electrons. The van der Waals surface area contributed by atoms with Gasteiger partial charge >= 0.3 is 0 Å².